The number of oxazole rings is 1. The Bertz CT molecular complexity index is 1640. The maximum atomic E-state index is 12.7. The minimum atomic E-state index is -4.64. The number of nitrogen functional groups attached to an aromatic ring is 1. The number of imidazole rings is 1. The number of carbonyl (C=O) groups is 2. The van der Waals surface area contributed by atoms with Crippen LogP contribution in [-0.2, 0) is 24.0 Å². The predicted molar refractivity (Wildman–Crippen MR) is 134 cm³/mol. The van der Waals surface area contributed by atoms with E-state index in [4.69, 9.17) is 19.1 Å². The first-order valence-corrected chi connectivity index (χ1v) is 13.2. The molecule has 4 heterocycles. The average molecular weight is 574 g/mol. The molecule has 16 nitrogen and oxygen atoms in total. The minimum Gasteiger partial charge on any atom is -0.443 e. The number of aliphatic hydroxyl groups is 2. The van der Waals surface area contributed by atoms with Crippen LogP contribution >= 0.6 is 0 Å². The second-order valence-electron chi connectivity index (χ2n) is 8.73. The van der Waals surface area contributed by atoms with Gasteiger partial charge in [0.1, 0.15) is 30.2 Å². The fraction of sp³-hybridized carbons (Fsp3) is 0.304. The van der Waals surface area contributed by atoms with E-state index in [-0.39, 0.29) is 29.0 Å². The molecule has 1 aliphatic rings. The van der Waals surface area contributed by atoms with Gasteiger partial charge in [0.15, 0.2) is 35.6 Å². The molecule has 17 heteroatoms. The van der Waals surface area contributed by atoms with Gasteiger partial charge in [-0.1, -0.05) is 24.3 Å². The van der Waals surface area contributed by atoms with Crippen LogP contribution in [0.15, 0.2) is 53.9 Å². The van der Waals surface area contributed by atoms with Gasteiger partial charge < -0.3 is 25.1 Å². The summed E-state index contributed by atoms with van der Waals surface area (Å²) in [5.41, 5.74) is 7.00. The lowest BCUT2D eigenvalue weighted by Crippen LogP contribution is -2.37. The van der Waals surface area contributed by atoms with Crippen LogP contribution in [0.1, 0.15) is 29.4 Å². The zero-order valence-electron chi connectivity index (χ0n) is 20.5. The number of fused-ring (bicyclic) bond motifs is 1. The molecule has 4 aromatic rings. The molecule has 40 heavy (non-hydrogen) atoms. The maximum Gasteiger partial charge on any atom is 0.362 e. The van der Waals surface area contributed by atoms with E-state index in [0.717, 1.165) is 0 Å². The average Bonchev–Trinajstić information content (AvgIpc) is 3.67. The van der Waals surface area contributed by atoms with Gasteiger partial charge in [-0.2, -0.15) is 8.42 Å². The van der Waals surface area contributed by atoms with Gasteiger partial charge in [-0.25, -0.2) is 24.7 Å². The summed E-state index contributed by atoms with van der Waals surface area (Å²) >= 11 is 0. The maximum absolute atomic E-state index is 12.7. The van der Waals surface area contributed by atoms with E-state index in [9.17, 15) is 28.2 Å². The molecule has 4 atom stereocenters. The third-order valence-corrected chi connectivity index (χ3v) is 7.05. The van der Waals surface area contributed by atoms with Crippen LogP contribution in [0.5, 0.6) is 0 Å². The van der Waals surface area contributed by atoms with Gasteiger partial charge in [-0.05, 0) is 0 Å². The first-order chi connectivity index (χ1) is 19.1. The molecule has 210 valence electrons. The molecule has 1 aromatic carbocycles. The number of aromatic nitrogens is 5. The highest BCUT2D eigenvalue weighted by atomic mass is 32.2. The summed E-state index contributed by atoms with van der Waals surface area (Å²) in [4.78, 5) is 40.7. The first kappa shape index (κ1) is 27.3. The van der Waals surface area contributed by atoms with Crippen LogP contribution < -0.4 is 10.5 Å². The van der Waals surface area contributed by atoms with E-state index in [1.54, 1.807) is 29.0 Å². The molecule has 0 aliphatic carbocycles. The normalized spacial score (nSPS) is 21.1. The van der Waals surface area contributed by atoms with Crippen molar-refractivity contribution in [1.82, 2.24) is 29.2 Å². The molecule has 5 rings (SSSR count). The predicted octanol–water partition coefficient (Wildman–Crippen LogP) is -0.277. The number of amides is 1. The number of nitrogens with zero attached hydrogens (tertiary/aromatic N) is 5. The highest BCUT2D eigenvalue weighted by Crippen LogP contribution is 2.32. The van der Waals surface area contributed by atoms with Crippen LogP contribution in [0.2, 0.25) is 0 Å². The van der Waals surface area contributed by atoms with Crippen molar-refractivity contribution in [1.29, 1.82) is 0 Å². The van der Waals surface area contributed by atoms with Crippen molar-refractivity contribution in [2.45, 2.75) is 37.4 Å². The van der Waals surface area contributed by atoms with Crippen molar-refractivity contribution in [2.24, 2.45) is 0 Å². The number of nitrogens with two attached hydrogens (primary N) is 1. The van der Waals surface area contributed by atoms with Crippen LogP contribution in [0.3, 0.4) is 0 Å². The van der Waals surface area contributed by atoms with Crippen LogP contribution in [0.4, 0.5) is 5.82 Å². The summed E-state index contributed by atoms with van der Waals surface area (Å²) in [5.74, 6) is -0.939. The van der Waals surface area contributed by atoms with Crippen LogP contribution in [0, 0.1) is 0 Å². The van der Waals surface area contributed by atoms with E-state index >= 15 is 0 Å². The van der Waals surface area contributed by atoms with Crippen molar-refractivity contribution < 1.29 is 41.6 Å². The summed E-state index contributed by atoms with van der Waals surface area (Å²) in [6.07, 6.45) is -1.14. The summed E-state index contributed by atoms with van der Waals surface area (Å²) in [7, 11) is -4.64. The lowest BCUT2D eigenvalue weighted by molar-refractivity contribution is -0.119. The number of hydrogen-bond donors (Lipinski definition) is 4. The second-order valence-corrected chi connectivity index (χ2v) is 10.1. The molecule has 0 radical (unpaired) electrons. The van der Waals surface area contributed by atoms with Crippen LogP contribution in [0.25, 0.3) is 22.5 Å². The summed E-state index contributed by atoms with van der Waals surface area (Å²) < 4.78 is 43.3. The highest BCUT2D eigenvalue weighted by Gasteiger charge is 2.45. The Hall–Kier alpha value is -4.29. The SMILES string of the molecule is Nc1ncnc2c1ncn2C1O[C@H](COS(=O)(=O)NC(=O)CCC(=O)c2ccccc2-c2cnco2)[C@@H](O)[C@H]1O. The van der Waals surface area contributed by atoms with Gasteiger partial charge in [-0.15, -0.1) is 0 Å². The number of ketones is 1. The van der Waals surface area contributed by atoms with Gasteiger partial charge in [0.05, 0.1) is 19.1 Å². The topological polar surface area (TPSA) is 235 Å². The largest absolute Gasteiger partial charge is 0.443 e. The lowest BCUT2D eigenvalue weighted by atomic mass is 9.99. The van der Waals surface area contributed by atoms with Crippen molar-refractivity contribution in [3.63, 3.8) is 0 Å². The number of nitrogens with one attached hydrogen (secondary N) is 1. The molecule has 5 N–H and O–H groups in total. The third kappa shape index (κ3) is 5.54. The highest BCUT2D eigenvalue weighted by molar-refractivity contribution is 7.85. The Morgan fingerprint density at radius 2 is 1.93 bits per heavy atom. The van der Waals surface area contributed by atoms with Crippen molar-refractivity contribution in [2.75, 3.05) is 12.3 Å². The van der Waals surface area contributed by atoms with Crippen molar-refractivity contribution in [3.8, 4) is 11.3 Å². The molecule has 0 saturated carbocycles. The first-order valence-electron chi connectivity index (χ1n) is 11.8. The molecule has 1 saturated heterocycles. The fourth-order valence-electron chi connectivity index (χ4n) is 4.18. The number of rotatable bonds is 10. The van der Waals surface area contributed by atoms with Gasteiger partial charge in [0.25, 0.3) is 0 Å². The standard InChI is InChI=1S/C23H23N7O9S/c24-21-18-22(27-9-26-21)30(10-28-18)23-20(34)19(33)16(39-23)8-38-40(35,36)29-17(32)6-5-14(31)12-3-1-2-4-13(12)15-7-25-11-37-15/h1-4,7,9-11,16,19-20,23,33-34H,5-6,8H2,(H,29,32)(H2,24,26,27)/t16-,19-,20-,23?/m1/s1. The molecule has 0 spiro atoms. The van der Waals surface area contributed by atoms with Crippen molar-refractivity contribution >= 4 is 39.0 Å². The zero-order valence-corrected chi connectivity index (χ0v) is 21.3. The number of aliphatic hydroxyl groups excluding tert-OH is 2. The molecule has 1 amide bonds. The van der Waals surface area contributed by atoms with E-state index in [1.165, 1.54) is 29.8 Å². The van der Waals surface area contributed by atoms with E-state index < -0.39 is 59.6 Å². The smallest absolute Gasteiger partial charge is 0.362 e. The number of ether oxygens (including phenoxy) is 1. The number of carbonyl (C=O) groups excluding carboxylic acids is 2. The molecule has 1 unspecified atom stereocenters. The molecule has 0 bridgehead atoms. The second kappa shape index (κ2) is 11.1. The minimum absolute atomic E-state index is 0.0965. The van der Waals surface area contributed by atoms with Gasteiger partial charge in [-0.3, -0.25) is 18.3 Å². The zero-order chi connectivity index (χ0) is 28.4. The Kier molecular flexibility index (Phi) is 7.55. The summed E-state index contributed by atoms with van der Waals surface area (Å²) in [6, 6.07) is 6.57. The van der Waals surface area contributed by atoms with Gasteiger partial charge in [0.2, 0.25) is 5.91 Å². The quantitative estimate of drug-likeness (QED) is 0.179. The molecular weight excluding hydrogens is 550 g/mol. The molecule has 1 aliphatic heterocycles. The molecule has 3 aromatic heterocycles. The van der Waals surface area contributed by atoms with Gasteiger partial charge in [0, 0.05) is 24.0 Å². The van der Waals surface area contributed by atoms with Gasteiger partial charge >= 0.3 is 10.3 Å². The number of benzene rings is 1. The molecule has 1 fully saturated rings. The lowest BCUT2D eigenvalue weighted by Gasteiger charge is -2.16. The van der Waals surface area contributed by atoms with E-state index in [2.05, 4.69) is 19.9 Å². The van der Waals surface area contributed by atoms with Crippen LogP contribution in [-0.4, -0.2) is 79.7 Å². The fourth-order valence-corrected chi connectivity index (χ4v) is 4.93. The number of anilines is 1. The number of Topliss-reactive ketones (excluding diaryl/α,β-unsaturated/α-hetero) is 1. The van der Waals surface area contributed by atoms with E-state index in [0.29, 0.717) is 11.3 Å². The summed E-state index contributed by atoms with van der Waals surface area (Å²) in [5, 5.41) is 20.9. The Morgan fingerprint density at radius 3 is 2.70 bits per heavy atom. The Balaban J connectivity index is 1.15. The monoisotopic (exact) mass is 573 g/mol. The van der Waals surface area contributed by atoms with Crippen molar-refractivity contribution in [3.05, 3.63) is 55.1 Å². The Labute approximate surface area is 226 Å². The third-order valence-electron chi connectivity index (χ3n) is 6.13. The molecular formula is C23H23N7O9S. The summed E-state index contributed by atoms with van der Waals surface area (Å²) in [6.45, 7) is -0.732. The number of hydrogen-bond acceptors (Lipinski definition) is 14. The Morgan fingerprint density at radius 1 is 1.12 bits per heavy atom. The van der Waals surface area contributed by atoms with E-state index in [1.807, 2.05) is 0 Å².